The van der Waals surface area contributed by atoms with Gasteiger partial charge in [0.15, 0.2) is 0 Å². The Morgan fingerprint density at radius 3 is 2.87 bits per heavy atom. The van der Waals surface area contributed by atoms with Gasteiger partial charge in [-0.05, 0) is 7.05 Å². The Labute approximate surface area is 92.3 Å². The monoisotopic (exact) mass is 220 g/mol. The third-order valence-corrected chi connectivity index (χ3v) is 4.54. The molecule has 1 fully saturated rings. The van der Waals surface area contributed by atoms with Crippen LogP contribution in [-0.4, -0.2) is 25.0 Å². The summed E-state index contributed by atoms with van der Waals surface area (Å²) in [5.41, 5.74) is 7.81. The van der Waals surface area contributed by atoms with Crippen LogP contribution in [0.15, 0.2) is 0 Å². The number of anilines is 1. The summed E-state index contributed by atoms with van der Waals surface area (Å²) in [6, 6.07) is 2.25. The fourth-order valence-corrected chi connectivity index (χ4v) is 3.75. The first-order chi connectivity index (χ1) is 7.19. The molecule has 0 atom stereocenters. The molecule has 1 aromatic rings. The van der Waals surface area contributed by atoms with Gasteiger partial charge in [-0.3, -0.25) is 4.90 Å². The minimum Gasteiger partial charge on any atom is -0.389 e. The molecule has 0 radical (unpaired) electrons. The van der Waals surface area contributed by atoms with Crippen LogP contribution in [0.5, 0.6) is 0 Å². The van der Waals surface area contributed by atoms with Crippen molar-refractivity contribution in [2.75, 3.05) is 25.9 Å². The summed E-state index contributed by atoms with van der Waals surface area (Å²) < 4.78 is 0. The van der Waals surface area contributed by atoms with E-state index in [-0.39, 0.29) is 5.54 Å². The summed E-state index contributed by atoms with van der Waals surface area (Å²) in [4.78, 5) is 3.60. The van der Waals surface area contributed by atoms with Crippen molar-refractivity contribution in [1.29, 1.82) is 5.26 Å². The summed E-state index contributed by atoms with van der Waals surface area (Å²) >= 11 is 1.57. The number of hydrogen-bond acceptors (Lipinski definition) is 5. The van der Waals surface area contributed by atoms with Gasteiger partial charge < -0.3 is 11.1 Å². The Morgan fingerprint density at radius 2 is 2.33 bits per heavy atom. The lowest BCUT2D eigenvalue weighted by molar-refractivity contribution is 0.0745. The molecular formula is C10H12N4S. The molecule has 1 aromatic heterocycles. The van der Waals surface area contributed by atoms with Gasteiger partial charge in [-0.25, -0.2) is 0 Å². The Kier molecular flexibility index (Phi) is 1.67. The number of rotatable bonds is 0. The van der Waals surface area contributed by atoms with E-state index in [0.29, 0.717) is 10.6 Å². The van der Waals surface area contributed by atoms with E-state index in [2.05, 4.69) is 23.3 Å². The van der Waals surface area contributed by atoms with Crippen molar-refractivity contribution in [1.82, 2.24) is 10.2 Å². The van der Waals surface area contributed by atoms with Crippen LogP contribution in [0.4, 0.5) is 5.00 Å². The highest BCUT2D eigenvalue weighted by atomic mass is 32.1. The SMILES string of the molecule is CN1Cc2sc(N)c(C#N)c2C12CNC2. The van der Waals surface area contributed by atoms with Gasteiger partial charge >= 0.3 is 0 Å². The van der Waals surface area contributed by atoms with Gasteiger partial charge in [0.25, 0.3) is 0 Å². The molecule has 0 saturated carbocycles. The Balaban J connectivity index is 2.22. The van der Waals surface area contributed by atoms with Gasteiger partial charge in [-0.1, -0.05) is 0 Å². The molecule has 1 saturated heterocycles. The van der Waals surface area contributed by atoms with Crippen LogP contribution in [0.3, 0.4) is 0 Å². The highest BCUT2D eigenvalue weighted by Gasteiger charge is 2.50. The fraction of sp³-hybridized carbons (Fsp3) is 0.500. The van der Waals surface area contributed by atoms with Crippen LogP contribution in [0.1, 0.15) is 16.0 Å². The normalized spacial score (nSPS) is 22.4. The number of nitrogens with one attached hydrogen (secondary N) is 1. The van der Waals surface area contributed by atoms with Crippen LogP contribution >= 0.6 is 11.3 Å². The van der Waals surface area contributed by atoms with Crippen molar-refractivity contribution in [3.8, 4) is 6.07 Å². The first kappa shape index (κ1) is 9.16. The number of nitrogens with two attached hydrogens (primary N) is 1. The van der Waals surface area contributed by atoms with Crippen molar-refractivity contribution in [3.05, 3.63) is 16.0 Å². The summed E-state index contributed by atoms with van der Waals surface area (Å²) in [6.07, 6.45) is 0. The van der Waals surface area contributed by atoms with Crippen LogP contribution < -0.4 is 11.1 Å². The molecule has 2 aliphatic heterocycles. The van der Waals surface area contributed by atoms with Crippen LogP contribution in [0.25, 0.3) is 0 Å². The van der Waals surface area contributed by atoms with Crippen LogP contribution in [-0.2, 0) is 12.1 Å². The number of nitrogens with zero attached hydrogens (tertiary/aromatic N) is 2. The van der Waals surface area contributed by atoms with E-state index in [1.165, 1.54) is 10.4 Å². The maximum absolute atomic E-state index is 9.15. The fourth-order valence-electron chi connectivity index (χ4n) is 2.58. The van der Waals surface area contributed by atoms with E-state index in [9.17, 15) is 0 Å². The lowest BCUT2D eigenvalue weighted by atomic mass is 9.84. The second-order valence-corrected chi connectivity index (χ2v) is 5.38. The predicted octanol–water partition coefficient (Wildman–Crippen LogP) is 0.446. The van der Waals surface area contributed by atoms with E-state index in [4.69, 9.17) is 11.0 Å². The molecule has 0 unspecified atom stereocenters. The molecule has 0 aliphatic carbocycles. The zero-order valence-electron chi connectivity index (χ0n) is 8.50. The summed E-state index contributed by atoms with van der Waals surface area (Å²) in [6.45, 7) is 2.79. The minimum absolute atomic E-state index is 0.0501. The molecule has 2 aliphatic rings. The number of hydrogen-bond donors (Lipinski definition) is 2. The second kappa shape index (κ2) is 2.73. The molecule has 78 valence electrons. The molecule has 3 N–H and O–H groups in total. The average Bonchev–Trinajstić information content (AvgIpc) is 2.54. The second-order valence-electron chi connectivity index (χ2n) is 4.24. The van der Waals surface area contributed by atoms with Crippen molar-refractivity contribution >= 4 is 16.3 Å². The summed E-state index contributed by atoms with van der Waals surface area (Å²) in [7, 11) is 2.12. The van der Waals surface area contributed by atoms with Crippen LogP contribution in [0, 0.1) is 11.3 Å². The lowest BCUT2D eigenvalue weighted by Gasteiger charge is -2.45. The van der Waals surface area contributed by atoms with E-state index in [0.717, 1.165) is 19.6 Å². The molecular weight excluding hydrogens is 208 g/mol. The number of likely N-dealkylation sites (N-methyl/N-ethyl adjacent to an activating group) is 1. The predicted molar refractivity (Wildman–Crippen MR) is 59.5 cm³/mol. The Bertz CT molecular complexity index is 467. The molecule has 3 rings (SSSR count). The molecule has 4 nitrogen and oxygen atoms in total. The van der Waals surface area contributed by atoms with Crippen molar-refractivity contribution in [2.24, 2.45) is 0 Å². The van der Waals surface area contributed by atoms with Gasteiger partial charge in [-0.15, -0.1) is 11.3 Å². The van der Waals surface area contributed by atoms with Gasteiger partial charge in [-0.2, -0.15) is 5.26 Å². The van der Waals surface area contributed by atoms with Crippen LogP contribution in [0.2, 0.25) is 0 Å². The molecule has 0 aromatic carbocycles. The smallest absolute Gasteiger partial charge is 0.104 e. The topological polar surface area (TPSA) is 65.1 Å². The van der Waals surface area contributed by atoms with Crippen molar-refractivity contribution < 1.29 is 0 Å². The summed E-state index contributed by atoms with van der Waals surface area (Å²) in [5, 5.41) is 13.1. The van der Waals surface area contributed by atoms with Crippen molar-refractivity contribution in [2.45, 2.75) is 12.1 Å². The zero-order valence-corrected chi connectivity index (χ0v) is 9.32. The maximum Gasteiger partial charge on any atom is 0.104 e. The largest absolute Gasteiger partial charge is 0.389 e. The average molecular weight is 220 g/mol. The Morgan fingerprint density at radius 1 is 1.60 bits per heavy atom. The standard InChI is InChI=1S/C10H12N4S/c1-14-3-7-8(10(14)4-13-5-10)6(2-11)9(12)15-7/h13H,3-5,12H2,1H3. The highest BCUT2D eigenvalue weighted by Crippen LogP contribution is 2.48. The van der Waals surface area contributed by atoms with E-state index >= 15 is 0 Å². The van der Waals surface area contributed by atoms with Gasteiger partial charge in [0.1, 0.15) is 11.1 Å². The third-order valence-electron chi connectivity index (χ3n) is 3.53. The van der Waals surface area contributed by atoms with Crippen molar-refractivity contribution in [3.63, 3.8) is 0 Å². The highest BCUT2D eigenvalue weighted by molar-refractivity contribution is 7.16. The molecule has 5 heteroatoms. The molecule has 0 bridgehead atoms. The molecule has 0 amide bonds. The summed E-state index contributed by atoms with van der Waals surface area (Å²) in [5.74, 6) is 0. The number of nitrogen functional groups attached to an aromatic ring is 1. The first-order valence-corrected chi connectivity index (χ1v) is 5.74. The number of thiophene rings is 1. The van der Waals surface area contributed by atoms with Gasteiger partial charge in [0, 0.05) is 30.1 Å². The van der Waals surface area contributed by atoms with E-state index < -0.39 is 0 Å². The first-order valence-electron chi connectivity index (χ1n) is 4.93. The lowest BCUT2D eigenvalue weighted by Crippen LogP contribution is -2.62. The molecule has 1 spiro atoms. The van der Waals surface area contributed by atoms with E-state index in [1.54, 1.807) is 11.3 Å². The third kappa shape index (κ3) is 0.918. The number of nitriles is 1. The zero-order chi connectivity index (χ0) is 10.6. The Hall–Kier alpha value is -1.09. The minimum atomic E-state index is 0.0501. The molecule has 15 heavy (non-hydrogen) atoms. The molecule has 3 heterocycles. The van der Waals surface area contributed by atoms with Gasteiger partial charge in [0.2, 0.25) is 0 Å². The van der Waals surface area contributed by atoms with Gasteiger partial charge in [0.05, 0.1) is 11.1 Å². The van der Waals surface area contributed by atoms with E-state index in [1.807, 2.05) is 0 Å². The quantitative estimate of drug-likeness (QED) is 0.666. The number of fused-ring (bicyclic) bond motifs is 2. The maximum atomic E-state index is 9.15.